The van der Waals surface area contributed by atoms with E-state index in [2.05, 4.69) is 71.0 Å². The quantitative estimate of drug-likeness (QED) is 0.194. The number of nitrogens with zero attached hydrogens (tertiary/aromatic N) is 4. The summed E-state index contributed by atoms with van der Waals surface area (Å²) in [5.74, 6) is 0.924. The van der Waals surface area contributed by atoms with Gasteiger partial charge in [0.25, 0.3) is 0 Å². The van der Waals surface area contributed by atoms with Crippen molar-refractivity contribution in [2.24, 2.45) is 4.99 Å². The number of aromatic nitrogens is 2. The highest BCUT2D eigenvalue weighted by Gasteiger charge is 2.07. The van der Waals surface area contributed by atoms with Gasteiger partial charge < -0.3 is 20.1 Å². The predicted octanol–water partition coefficient (Wildman–Crippen LogP) is 4.11. The third-order valence-electron chi connectivity index (χ3n) is 5.09. The Morgan fingerprint density at radius 3 is 2.66 bits per heavy atom. The van der Waals surface area contributed by atoms with Crippen molar-refractivity contribution in [2.45, 2.75) is 59.5 Å². The molecule has 0 aliphatic rings. The summed E-state index contributed by atoms with van der Waals surface area (Å²) in [6.07, 6.45) is 5.29. The summed E-state index contributed by atoms with van der Waals surface area (Å²) in [6, 6.07) is 8.69. The average molecular weight is 515 g/mol. The minimum atomic E-state index is 0. The molecule has 0 amide bonds. The lowest BCUT2D eigenvalue weighted by Crippen LogP contribution is -2.42. The number of aliphatic imine (C=N–C) groups is 1. The van der Waals surface area contributed by atoms with E-state index in [0.717, 1.165) is 57.0 Å². The average Bonchev–Trinajstić information content (AvgIpc) is 3.12. The zero-order chi connectivity index (χ0) is 20.2. The molecule has 0 aliphatic carbocycles. The molecule has 0 aliphatic heterocycles. The van der Waals surface area contributed by atoms with Crippen molar-refractivity contribution >= 4 is 41.0 Å². The number of hydrogen-bond donors (Lipinski definition) is 2. The van der Waals surface area contributed by atoms with Crippen LogP contribution in [0.3, 0.4) is 0 Å². The standard InChI is InChI=1S/C22H38N6.HI/c1-5-23-22(26-19(4)12-10-16-27(6-2)7-3)24-15-11-17-28-18-25-20-13-8-9-14-21(20)28;/h8-9,13-14,18-19H,5-7,10-12,15-17H2,1-4H3,(H2,23,24,26);1H. The van der Waals surface area contributed by atoms with E-state index < -0.39 is 0 Å². The van der Waals surface area contributed by atoms with Crippen LogP contribution in [0.1, 0.15) is 47.0 Å². The number of imidazole rings is 1. The van der Waals surface area contributed by atoms with Crippen molar-refractivity contribution in [1.82, 2.24) is 25.1 Å². The molecule has 0 saturated heterocycles. The van der Waals surface area contributed by atoms with Gasteiger partial charge in [-0.25, -0.2) is 4.98 Å². The van der Waals surface area contributed by atoms with E-state index in [1.807, 2.05) is 12.4 Å². The van der Waals surface area contributed by atoms with E-state index in [9.17, 15) is 0 Å². The summed E-state index contributed by atoms with van der Waals surface area (Å²) in [5, 5.41) is 6.92. The second kappa shape index (κ2) is 14.6. The second-order valence-corrected chi connectivity index (χ2v) is 7.26. The Bertz CT molecular complexity index is 710. The van der Waals surface area contributed by atoms with Crippen LogP contribution in [-0.2, 0) is 6.54 Å². The lowest BCUT2D eigenvalue weighted by atomic mass is 10.2. The Hall–Kier alpha value is -1.35. The maximum atomic E-state index is 4.76. The van der Waals surface area contributed by atoms with E-state index in [1.165, 1.54) is 18.5 Å². The van der Waals surface area contributed by atoms with Crippen molar-refractivity contribution < 1.29 is 0 Å². The van der Waals surface area contributed by atoms with Crippen LogP contribution in [0.2, 0.25) is 0 Å². The van der Waals surface area contributed by atoms with Crippen LogP contribution in [0.25, 0.3) is 11.0 Å². The number of guanidine groups is 1. The van der Waals surface area contributed by atoms with Crippen molar-refractivity contribution in [3.05, 3.63) is 30.6 Å². The molecule has 0 fully saturated rings. The predicted molar refractivity (Wildman–Crippen MR) is 135 cm³/mol. The SMILES string of the molecule is CCNC(=NCCCn1cnc2ccccc21)NC(C)CCCN(CC)CC.I. The first kappa shape index (κ1) is 25.7. The van der Waals surface area contributed by atoms with Crippen molar-refractivity contribution in [3.63, 3.8) is 0 Å². The Kier molecular flexibility index (Phi) is 12.9. The smallest absolute Gasteiger partial charge is 0.191 e. The number of hydrogen-bond acceptors (Lipinski definition) is 3. The zero-order valence-corrected chi connectivity index (χ0v) is 20.9. The fourth-order valence-corrected chi connectivity index (χ4v) is 3.41. The van der Waals surface area contributed by atoms with E-state index >= 15 is 0 Å². The molecule has 1 aromatic heterocycles. The van der Waals surface area contributed by atoms with Gasteiger partial charge in [0.05, 0.1) is 17.4 Å². The molecule has 0 spiro atoms. The van der Waals surface area contributed by atoms with Crippen molar-refractivity contribution in [3.8, 4) is 0 Å². The van der Waals surface area contributed by atoms with Crippen LogP contribution in [0.4, 0.5) is 0 Å². The lowest BCUT2D eigenvalue weighted by Gasteiger charge is -2.21. The molecular weight excluding hydrogens is 475 g/mol. The minimum absolute atomic E-state index is 0. The van der Waals surface area contributed by atoms with Gasteiger partial charge in [0, 0.05) is 25.7 Å². The summed E-state index contributed by atoms with van der Waals surface area (Å²) in [4.78, 5) is 11.7. The molecule has 2 rings (SSSR count). The van der Waals surface area contributed by atoms with Gasteiger partial charge in [-0.05, 0) is 64.9 Å². The number of nitrogens with one attached hydrogen (secondary N) is 2. The van der Waals surface area contributed by atoms with Gasteiger partial charge in [-0.15, -0.1) is 24.0 Å². The van der Waals surface area contributed by atoms with E-state index in [1.54, 1.807) is 0 Å². The highest BCUT2D eigenvalue weighted by atomic mass is 127. The molecule has 2 aromatic rings. The molecule has 0 radical (unpaired) electrons. The monoisotopic (exact) mass is 514 g/mol. The molecule has 0 bridgehead atoms. The number of fused-ring (bicyclic) bond motifs is 1. The van der Waals surface area contributed by atoms with Crippen LogP contribution in [-0.4, -0.2) is 59.2 Å². The van der Waals surface area contributed by atoms with E-state index in [0.29, 0.717) is 6.04 Å². The van der Waals surface area contributed by atoms with Crippen LogP contribution in [0.15, 0.2) is 35.6 Å². The largest absolute Gasteiger partial charge is 0.357 e. The zero-order valence-electron chi connectivity index (χ0n) is 18.5. The topological polar surface area (TPSA) is 57.5 Å². The molecule has 1 unspecified atom stereocenters. The highest BCUT2D eigenvalue weighted by molar-refractivity contribution is 14.0. The van der Waals surface area contributed by atoms with Crippen LogP contribution in [0, 0.1) is 0 Å². The van der Waals surface area contributed by atoms with Gasteiger partial charge >= 0.3 is 0 Å². The van der Waals surface area contributed by atoms with Gasteiger partial charge in [-0.1, -0.05) is 26.0 Å². The maximum absolute atomic E-state index is 4.76. The highest BCUT2D eigenvalue weighted by Crippen LogP contribution is 2.12. The first-order valence-corrected chi connectivity index (χ1v) is 10.8. The molecule has 1 aromatic carbocycles. The van der Waals surface area contributed by atoms with Crippen LogP contribution >= 0.6 is 24.0 Å². The minimum Gasteiger partial charge on any atom is -0.357 e. The molecule has 1 heterocycles. The van der Waals surface area contributed by atoms with Crippen molar-refractivity contribution in [1.29, 1.82) is 0 Å². The molecule has 6 nitrogen and oxygen atoms in total. The number of aryl methyl sites for hydroxylation is 1. The van der Waals surface area contributed by atoms with E-state index in [4.69, 9.17) is 4.99 Å². The summed E-state index contributed by atoms with van der Waals surface area (Å²) in [5.41, 5.74) is 2.25. The third kappa shape index (κ3) is 8.90. The number of rotatable bonds is 12. The summed E-state index contributed by atoms with van der Waals surface area (Å²) < 4.78 is 2.21. The Morgan fingerprint density at radius 2 is 1.93 bits per heavy atom. The first-order valence-electron chi connectivity index (χ1n) is 10.8. The summed E-state index contributed by atoms with van der Waals surface area (Å²) >= 11 is 0. The van der Waals surface area contributed by atoms with Gasteiger partial charge in [-0.2, -0.15) is 0 Å². The molecule has 7 heteroatoms. The number of benzene rings is 1. The number of para-hydroxylation sites is 2. The van der Waals surface area contributed by atoms with Gasteiger partial charge in [0.2, 0.25) is 0 Å². The Labute approximate surface area is 193 Å². The molecule has 1 atom stereocenters. The van der Waals surface area contributed by atoms with Gasteiger partial charge in [0.1, 0.15) is 0 Å². The Balaban J connectivity index is 0.00000420. The molecule has 29 heavy (non-hydrogen) atoms. The van der Waals surface area contributed by atoms with Gasteiger partial charge in [0.15, 0.2) is 5.96 Å². The second-order valence-electron chi connectivity index (χ2n) is 7.26. The molecule has 2 N–H and O–H groups in total. The molecular formula is C22H39IN6. The molecule has 0 saturated carbocycles. The normalized spacial score (nSPS) is 12.8. The fraction of sp³-hybridized carbons (Fsp3) is 0.636. The molecule has 164 valence electrons. The van der Waals surface area contributed by atoms with E-state index in [-0.39, 0.29) is 24.0 Å². The van der Waals surface area contributed by atoms with Crippen molar-refractivity contribution in [2.75, 3.05) is 32.7 Å². The maximum Gasteiger partial charge on any atom is 0.191 e. The van der Waals surface area contributed by atoms with Gasteiger partial charge in [-0.3, -0.25) is 4.99 Å². The summed E-state index contributed by atoms with van der Waals surface area (Å²) in [6.45, 7) is 14.9. The lowest BCUT2D eigenvalue weighted by molar-refractivity contribution is 0.292. The first-order chi connectivity index (χ1) is 13.7. The summed E-state index contributed by atoms with van der Waals surface area (Å²) in [7, 11) is 0. The third-order valence-corrected chi connectivity index (χ3v) is 5.09. The van der Waals surface area contributed by atoms with Crippen LogP contribution in [0.5, 0.6) is 0 Å². The number of halogens is 1. The van der Waals surface area contributed by atoms with Crippen LogP contribution < -0.4 is 10.6 Å². The fourth-order valence-electron chi connectivity index (χ4n) is 3.41. The Morgan fingerprint density at radius 1 is 1.17 bits per heavy atom.